The lowest BCUT2D eigenvalue weighted by Crippen LogP contribution is -2.56. The van der Waals surface area contributed by atoms with Gasteiger partial charge in [-0.1, -0.05) is 49.6 Å². The molecular formula is C26H36N3O3+. The van der Waals surface area contributed by atoms with Crippen LogP contribution in [0, 0.1) is 5.92 Å². The molecule has 1 aromatic carbocycles. The molecule has 172 valence electrons. The highest BCUT2D eigenvalue weighted by Gasteiger charge is 2.48. The minimum atomic E-state index is -1.57. The Kier molecular flexibility index (Phi) is 7.21. The third-order valence-corrected chi connectivity index (χ3v) is 7.39. The number of esters is 1. The van der Waals surface area contributed by atoms with Gasteiger partial charge in [-0.2, -0.15) is 0 Å². The van der Waals surface area contributed by atoms with Gasteiger partial charge < -0.3 is 14.3 Å². The maximum atomic E-state index is 13.5. The van der Waals surface area contributed by atoms with Crippen molar-refractivity contribution in [2.45, 2.75) is 63.1 Å². The highest BCUT2D eigenvalue weighted by atomic mass is 16.6. The maximum Gasteiger partial charge on any atom is 0.343 e. The summed E-state index contributed by atoms with van der Waals surface area (Å²) >= 11 is 0. The zero-order chi connectivity index (χ0) is 22.4. The van der Waals surface area contributed by atoms with Crippen LogP contribution in [0.15, 0.2) is 48.9 Å². The van der Waals surface area contributed by atoms with Crippen molar-refractivity contribution < 1.29 is 19.1 Å². The van der Waals surface area contributed by atoms with Crippen molar-refractivity contribution in [2.75, 3.05) is 26.7 Å². The van der Waals surface area contributed by atoms with Gasteiger partial charge in [0, 0.05) is 37.4 Å². The van der Waals surface area contributed by atoms with Crippen LogP contribution in [0.25, 0.3) is 0 Å². The molecule has 3 unspecified atom stereocenters. The van der Waals surface area contributed by atoms with Gasteiger partial charge in [-0.25, -0.2) is 4.79 Å². The Balaban J connectivity index is 1.45. The van der Waals surface area contributed by atoms with Crippen molar-refractivity contribution in [2.24, 2.45) is 5.92 Å². The fourth-order valence-electron chi connectivity index (χ4n) is 5.49. The molecule has 1 aliphatic carbocycles. The summed E-state index contributed by atoms with van der Waals surface area (Å²) in [6.07, 6.45) is 12.7. The van der Waals surface area contributed by atoms with Crippen molar-refractivity contribution in [1.82, 2.24) is 9.97 Å². The molecule has 0 radical (unpaired) electrons. The number of nitrogens with zero attached hydrogens (tertiary/aromatic N) is 3. The number of rotatable bonds is 7. The lowest BCUT2D eigenvalue weighted by Gasteiger charge is -2.42. The summed E-state index contributed by atoms with van der Waals surface area (Å²) < 4.78 is 6.91. The Bertz CT molecular complexity index is 872. The van der Waals surface area contributed by atoms with E-state index in [1.165, 1.54) is 6.42 Å². The number of aliphatic hydroxyl groups is 1. The van der Waals surface area contributed by atoms with E-state index in [-0.39, 0.29) is 12.0 Å². The highest BCUT2D eigenvalue weighted by Crippen LogP contribution is 2.41. The Hall–Kier alpha value is -2.31. The molecule has 1 saturated heterocycles. The van der Waals surface area contributed by atoms with E-state index in [0.717, 1.165) is 74.8 Å². The Morgan fingerprint density at radius 2 is 1.91 bits per heavy atom. The molecule has 3 atom stereocenters. The zero-order valence-corrected chi connectivity index (χ0v) is 19.2. The van der Waals surface area contributed by atoms with E-state index >= 15 is 0 Å². The summed E-state index contributed by atoms with van der Waals surface area (Å²) in [6, 6.07) is 9.40. The second kappa shape index (κ2) is 10.1. The zero-order valence-electron chi connectivity index (χ0n) is 19.2. The topological polar surface area (TPSA) is 72.3 Å². The number of hydrogen-bond donors (Lipinski definition) is 1. The Labute approximate surface area is 191 Å². The average molecular weight is 439 g/mol. The number of quaternary nitrogens is 1. The summed E-state index contributed by atoms with van der Waals surface area (Å²) in [6.45, 7) is 2.75. The Morgan fingerprint density at radius 1 is 1.12 bits per heavy atom. The van der Waals surface area contributed by atoms with Crippen LogP contribution >= 0.6 is 0 Å². The van der Waals surface area contributed by atoms with Crippen LogP contribution in [0.2, 0.25) is 0 Å². The molecule has 1 saturated carbocycles. The number of likely N-dealkylation sites (tertiary alicyclic amines) is 1. The van der Waals surface area contributed by atoms with E-state index in [1.54, 1.807) is 12.4 Å². The number of hydrogen-bond acceptors (Lipinski definition) is 5. The van der Waals surface area contributed by atoms with Crippen LogP contribution in [0.1, 0.15) is 56.2 Å². The summed E-state index contributed by atoms with van der Waals surface area (Å²) in [4.78, 5) is 22.1. The van der Waals surface area contributed by atoms with Crippen LogP contribution in [0.5, 0.6) is 0 Å². The molecule has 2 fully saturated rings. The lowest BCUT2D eigenvalue weighted by atomic mass is 9.73. The fourth-order valence-corrected chi connectivity index (χ4v) is 5.49. The molecule has 1 N–H and O–H groups in total. The van der Waals surface area contributed by atoms with Gasteiger partial charge in [-0.15, -0.1) is 0 Å². The monoisotopic (exact) mass is 438 g/mol. The number of benzene rings is 1. The molecule has 2 aromatic rings. The van der Waals surface area contributed by atoms with Gasteiger partial charge in [0.05, 0.1) is 25.8 Å². The number of carbonyl (C=O) groups is 1. The molecule has 6 nitrogen and oxygen atoms in total. The minimum absolute atomic E-state index is 0.0905. The first-order chi connectivity index (χ1) is 15.5. The second-order valence-electron chi connectivity index (χ2n) is 9.83. The summed E-state index contributed by atoms with van der Waals surface area (Å²) in [7, 11) is 2.22. The molecule has 2 heterocycles. The number of piperidine rings is 1. The van der Waals surface area contributed by atoms with Crippen LogP contribution in [-0.2, 0) is 21.6 Å². The number of ether oxygens (including phenoxy) is 1. The number of carbonyl (C=O) groups excluding carboxylic acids is 1. The van der Waals surface area contributed by atoms with Crippen LogP contribution in [0.4, 0.5) is 0 Å². The van der Waals surface area contributed by atoms with E-state index in [2.05, 4.69) is 17.0 Å². The largest absolute Gasteiger partial charge is 0.454 e. The van der Waals surface area contributed by atoms with Crippen molar-refractivity contribution in [3.05, 3.63) is 60.2 Å². The molecule has 0 bridgehead atoms. The molecule has 0 spiro atoms. The Morgan fingerprint density at radius 3 is 2.62 bits per heavy atom. The van der Waals surface area contributed by atoms with Crippen molar-refractivity contribution in [3.8, 4) is 0 Å². The lowest BCUT2D eigenvalue weighted by molar-refractivity contribution is -0.916. The van der Waals surface area contributed by atoms with E-state index in [4.69, 9.17) is 4.74 Å². The number of aromatic nitrogens is 2. The first kappa shape index (κ1) is 22.9. The van der Waals surface area contributed by atoms with Gasteiger partial charge in [-0.05, 0) is 24.8 Å². The number of likely N-dealkylation sites (N-methyl/N-ethyl adjacent to an activating group) is 1. The molecule has 32 heavy (non-hydrogen) atoms. The summed E-state index contributed by atoms with van der Waals surface area (Å²) in [5, 5.41) is 11.8. The van der Waals surface area contributed by atoms with Gasteiger partial charge in [0.15, 0.2) is 11.7 Å². The standard InChI is InChI=1S/C26H36N3O3/c1-29(18-14-23-19-27-15-16-28-23)17-8-13-24(20-29)32-25(30)26(31,21-9-4-2-5-10-21)22-11-6-3-7-12-22/h2,4-5,9-10,15-16,19,22,24,31H,3,6-8,11-14,17-18,20H2,1H3/q+1. The SMILES string of the molecule is C[N+]1(CCc2cnccn2)CCCC(OC(=O)C(O)(c2ccccc2)C2CCCCC2)C1. The molecule has 4 rings (SSSR count). The predicted octanol–water partition coefficient (Wildman–Crippen LogP) is 3.64. The van der Waals surface area contributed by atoms with Gasteiger partial charge in [0.2, 0.25) is 0 Å². The van der Waals surface area contributed by atoms with E-state index in [1.807, 2.05) is 36.5 Å². The van der Waals surface area contributed by atoms with Crippen LogP contribution < -0.4 is 0 Å². The molecular weight excluding hydrogens is 402 g/mol. The normalized spacial score (nSPS) is 26.2. The smallest absolute Gasteiger partial charge is 0.343 e. The molecule has 1 aliphatic heterocycles. The van der Waals surface area contributed by atoms with Crippen LogP contribution in [0.3, 0.4) is 0 Å². The third-order valence-electron chi connectivity index (χ3n) is 7.39. The fraction of sp³-hybridized carbons (Fsp3) is 0.577. The van der Waals surface area contributed by atoms with E-state index in [0.29, 0.717) is 5.56 Å². The summed E-state index contributed by atoms with van der Waals surface area (Å²) in [5.74, 6) is -0.560. The van der Waals surface area contributed by atoms with Crippen molar-refractivity contribution in [3.63, 3.8) is 0 Å². The highest BCUT2D eigenvalue weighted by molar-refractivity contribution is 5.81. The van der Waals surface area contributed by atoms with E-state index in [9.17, 15) is 9.90 Å². The van der Waals surface area contributed by atoms with Gasteiger partial charge >= 0.3 is 5.97 Å². The molecule has 2 aliphatic rings. The first-order valence-electron chi connectivity index (χ1n) is 12.1. The molecule has 1 aromatic heterocycles. The first-order valence-corrected chi connectivity index (χ1v) is 12.1. The predicted molar refractivity (Wildman–Crippen MR) is 123 cm³/mol. The quantitative estimate of drug-likeness (QED) is 0.528. The average Bonchev–Trinajstić information content (AvgIpc) is 2.84. The molecule has 6 heteroatoms. The second-order valence-corrected chi connectivity index (χ2v) is 9.83. The van der Waals surface area contributed by atoms with Gasteiger partial charge in [0.1, 0.15) is 6.54 Å². The van der Waals surface area contributed by atoms with Crippen molar-refractivity contribution in [1.29, 1.82) is 0 Å². The van der Waals surface area contributed by atoms with Gasteiger partial charge in [-0.3, -0.25) is 9.97 Å². The van der Waals surface area contributed by atoms with E-state index < -0.39 is 11.6 Å². The summed E-state index contributed by atoms with van der Waals surface area (Å²) in [5.41, 5.74) is 0.0802. The maximum absolute atomic E-state index is 13.5. The van der Waals surface area contributed by atoms with Crippen LogP contribution in [-0.4, -0.2) is 58.3 Å². The van der Waals surface area contributed by atoms with Gasteiger partial charge in [0.25, 0.3) is 0 Å². The molecule has 0 amide bonds. The minimum Gasteiger partial charge on any atom is -0.454 e. The van der Waals surface area contributed by atoms with Crippen molar-refractivity contribution >= 4 is 5.97 Å². The third kappa shape index (κ3) is 5.18.